The second kappa shape index (κ2) is 6.98. The molecule has 0 atom stereocenters. The predicted octanol–water partition coefficient (Wildman–Crippen LogP) is 5.01. The van der Waals surface area contributed by atoms with Crippen LogP contribution in [-0.4, -0.2) is 14.3 Å². The van der Waals surface area contributed by atoms with Crippen molar-refractivity contribution in [2.75, 3.05) is 0 Å². The van der Waals surface area contributed by atoms with Crippen molar-refractivity contribution in [1.29, 1.82) is 0 Å². The molecule has 0 radical (unpaired) electrons. The molecule has 0 N–H and O–H groups in total. The number of aromatic nitrogens is 3. The lowest BCUT2D eigenvalue weighted by atomic mass is 10.1. The van der Waals surface area contributed by atoms with E-state index in [1.165, 1.54) is 19.2 Å². The lowest BCUT2D eigenvalue weighted by Gasteiger charge is -2.11. The van der Waals surface area contributed by atoms with Gasteiger partial charge in [0.15, 0.2) is 0 Å². The van der Waals surface area contributed by atoms with Crippen LogP contribution in [0, 0.1) is 16.6 Å². The van der Waals surface area contributed by atoms with Crippen LogP contribution in [0.1, 0.15) is 17.0 Å². The largest absolute Gasteiger partial charge is 0.452 e. The van der Waals surface area contributed by atoms with E-state index >= 15 is 0 Å². The molecule has 3 nitrogen and oxygen atoms in total. The summed E-state index contributed by atoms with van der Waals surface area (Å²) in [6, 6.07) is 13.9. The summed E-state index contributed by atoms with van der Waals surface area (Å²) in [5.41, 5.74) is 1.50. The zero-order valence-corrected chi connectivity index (χ0v) is 15.0. The van der Waals surface area contributed by atoms with Crippen LogP contribution in [0.5, 0.6) is 0 Å². The van der Waals surface area contributed by atoms with Crippen LogP contribution in [0.4, 0.5) is 13.2 Å². The third-order valence-corrected chi connectivity index (χ3v) is 4.24. The van der Waals surface area contributed by atoms with Crippen LogP contribution in [-0.2, 0) is 13.2 Å². The average Bonchev–Trinajstić information content (AvgIpc) is 2.90. The van der Waals surface area contributed by atoms with Crippen LogP contribution in [0.15, 0.2) is 48.5 Å². The number of alkyl halides is 3. The Labute approximate surface area is 157 Å². The zero-order chi connectivity index (χ0) is 18.9. The Hall–Kier alpha value is -2.56. The average molecular weight is 394 g/mol. The Morgan fingerprint density at radius 1 is 1.04 bits per heavy atom. The fraction of sp³-hybridized carbons (Fsp3) is 0.111. The molecule has 0 bridgehead atoms. The van der Waals surface area contributed by atoms with Gasteiger partial charge in [0.1, 0.15) is 0 Å². The first-order valence-electron chi connectivity index (χ1n) is 7.37. The topological polar surface area (TPSA) is 22.8 Å². The van der Waals surface area contributed by atoms with E-state index in [0.29, 0.717) is 5.56 Å². The maximum absolute atomic E-state index is 13.2. The lowest BCUT2D eigenvalue weighted by molar-refractivity contribution is -0.146. The summed E-state index contributed by atoms with van der Waals surface area (Å²) in [5.74, 6) is 4.77. The van der Waals surface area contributed by atoms with Crippen molar-refractivity contribution in [1.82, 2.24) is 14.3 Å². The van der Waals surface area contributed by atoms with E-state index in [0.717, 1.165) is 14.8 Å². The van der Waals surface area contributed by atoms with E-state index in [-0.39, 0.29) is 15.5 Å². The van der Waals surface area contributed by atoms with Gasteiger partial charge in [-0.25, -0.2) is 4.68 Å². The number of halogens is 4. The van der Waals surface area contributed by atoms with E-state index in [1.54, 1.807) is 6.07 Å². The molecular formula is C18H11ClF3N3S. The summed E-state index contributed by atoms with van der Waals surface area (Å²) in [6.07, 6.45) is -4.66. The first-order valence-corrected chi connectivity index (χ1v) is 8.16. The van der Waals surface area contributed by atoms with Gasteiger partial charge in [0.05, 0.1) is 10.7 Å². The molecule has 0 amide bonds. The van der Waals surface area contributed by atoms with E-state index in [1.807, 2.05) is 30.3 Å². The first kappa shape index (κ1) is 18.2. The van der Waals surface area contributed by atoms with Crippen LogP contribution in [0.25, 0.3) is 5.69 Å². The third kappa shape index (κ3) is 3.66. The maximum Gasteiger partial charge on any atom is 0.452 e. The van der Waals surface area contributed by atoms with Crippen LogP contribution in [0.3, 0.4) is 0 Å². The van der Waals surface area contributed by atoms with Crippen molar-refractivity contribution in [2.45, 2.75) is 6.18 Å². The third-order valence-electron chi connectivity index (χ3n) is 3.49. The van der Waals surface area contributed by atoms with Crippen molar-refractivity contribution in [3.05, 3.63) is 75.3 Å². The molecule has 1 aromatic heterocycles. The number of nitrogens with zero attached hydrogens (tertiary/aromatic N) is 3. The minimum absolute atomic E-state index is 0.0967. The highest BCUT2D eigenvalue weighted by molar-refractivity contribution is 7.71. The zero-order valence-electron chi connectivity index (χ0n) is 13.4. The fourth-order valence-electron chi connectivity index (χ4n) is 2.30. The molecule has 26 heavy (non-hydrogen) atoms. The van der Waals surface area contributed by atoms with Gasteiger partial charge in [-0.05, 0) is 42.5 Å². The Morgan fingerprint density at radius 3 is 2.31 bits per heavy atom. The summed E-state index contributed by atoms with van der Waals surface area (Å²) >= 11 is 11.3. The molecule has 0 aliphatic carbocycles. The van der Waals surface area contributed by atoms with Gasteiger partial charge in [-0.15, -0.1) is 5.10 Å². The van der Waals surface area contributed by atoms with Crippen molar-refractivity contribution < 1.29 is 13.2 Å². The van der Waals surface area contributed by atoms with Gasteiger partial charge in [0.25, 0.3) is 0 Å². The molecule has 0 aliphatic rings. The molecule has 0 saturated carbocycles. The van der Waals surface area contributed by atoms with Gasteiger partial charge in [-0.3, -0.25) is 4.57 Å². The molecule has 0 unspecified atom stereocenters. The van der Waals surface area contributed by atoms with Gasteiger partial charge < -0.3 is 0 Å². The molecule has 3 rings (SSSR count). The first-order chi connectivity index (χ1) is 12.3. The highest BCUT2D eigenvalue weighted by Gasteiger charge is 2.38. The van der Waals surface area contributed by atoms with E-state index in [2.05, 4.69) is 16.9 Å². The number of aryl methyl sites for hydroxylation is 1. The summed E-state index contributed by atoms with van der Waals surface area (Å²) < 4.78 is 41.4. The minimum atomic E-state index is -4.66. The van der Waals surface area contributed by atoms with Crippen molar-refractivity contribution >= 4 is 23.8 Å². The molecule has 0 spiro atoms. The Kier molecular flexibility index (Phi) is 4.90. The number of benzene rings is 2. The van der Waals surface area contributed by atoms with Gasteiger partial charge in [-0.1, -0.05) is 41.6 Å². The summed E-state index contributed by atoms with van der Waals surface area (Å²) in [5, 5.41) is 3.56. The molecule has 8 heteroatoms. The van der Waals surface area contributed by atoms with E-state index < -0.39 is 12.0 Å². The Bertz CT molecular complexity index is 1070. The summed E-state index contributed by atoms with van der Waals surface area (Å²) in [4.78, 5) is 0. The molecular weight excluding hydrogens is 383 g/mol. The second-order valence-corrected chi connectivity index (χ2v) is 6.12. The Morgan fingerprint density at radius 2 is 1.69 bits per heavy atom. The van der Waals surface area contributed by atoms with Crippen molar-refractivity contribution in [3.63, 3.8) is 0 Å². The molecule has 0 aliphatic heterocycles. The van der Waals surface area contributed by atoms with Crippen LogP contribution >= 0.6 is 23.8 Å². The number of rotatable bonds is 1. The quantitative estimate of drug-likeness (QED) is 0.428. The number of hydrogen-bond donors (Lipinski definition) is 0. The standard InChI is InChI=1S/C18H11ClF3N3S/c1-24-17(26)25(16(23-24)18(20,21)22)15-10-9-13(11-14(15)19)8-7-12-5-3-2-4-6-12/h2-6,9-11H,1H3. The maximum atomic E-state index is 13.2. The van der Waals surface area contributed by atoms with Gasteiger partial charge >= 0.3 is 6.18 Å². The molecule has 3 aromatic rings. The highest BCUT2D eigenvalue weighted by atomic mass is 35.5. The molecule has 132 valence electrons. The fourth-order valence-corrected chi connectivity index (χ4v) is 2.79. The van der Waals surface area contributed by atoms with Crippen LogP contribution in [0.2, 0.25) is 5.02 Å². The van der Waals surface area contributed by atoms with Crippen molar-refractivity contribution in [2.24, 2.45) is 7.05 Å². The minimum Gasteiger partial charge on any atom is -0.263 e. The van der Waals surface area contributed by atoms with E-state index in [9.17, 15) is 13.2 Å². The molecule has 0 fully saturated rings. The molecule has 2 aromatic carbocycles. The monoisotopic (exact) mass is 393 g/mol. The van der Waals surface area contributed by atoms with Crippen LogP contribution < -0.4 is 0 Å². The van der Waals surface area contributed by atoms with Gasteiger partial charge in [-0.2, -0.15) is 13.2 Å². The normalized spacial score (nSPS) is 11.1. The molecule has 1 heterocycles. The summed E-state index contributed by atoms with van der Waals surface area (Å²) in [6.45, 7) is 0. The predicted molar refractivity (Wildman–Crippen MR) is 95.8 cm³/mol. The SMILES string of the molecule is Cn1nc(C(F)(F)F)n(-c2ccc(C#Cc3ccccc3)cc2Cl)c1=S. The smallest absolute Gasteiger partial charge is 0.263 e. The summed E-state index contributed by atoms with van der Waals surface area (Å²) in [7, 11) is 1.35. The molecule has 0 saturated heterocycles. The number of hydrogen-bond acceptors (Lipinski definition) is 2. The highest BCUT2D eigenvalue weighted by Crippen LogP contribution is 2.32. The lowest BCUT2D eigenvalue weighted by Crippen LogP contribution is -2.14. The Balaban J connectivity index is 2.05. The van der Waals surface area contributed by atoms with Gasteiger partial charge in [0.2, 0.25) is 10.6 Å². The second-order valence-electron chi connectivity index (χ2n) is 5.35. The van der Waals surface area contributed by atoms with Crippen molar-refractivity contribution in [3.8, 4) is 17.5 Å². The van der Waals surface area contributed by atoms with E-state index in [4.69, 9.17) is 23.8 Å². The van der Waals surface area contributed by atoms with Gasteiger partial charge in [0, 0.05) is 18.2 Å².